The summed E-state index contributed by atoms with van der Waals surface area (Å²) in [4.78, 5) is 26.0. The van der Waals surface area contributed by atoms with Crippen molar-refractivity contribution in [1.82, 2.24) is 20.5 Å². The highest BCUT2D eigenvalue weighted by atomic mass is 16.5. The first-order valence-corrected chi connectivity index (χ1v) is 5.06. The summed E-state index contributed by atoms with van der Waals surface area (Å²) >= 11 is 0. The maximum absolute atomic E-state index is 11.5. The van der Waals surface area contributed by atoms with Crippen molar-refractivity contribution in [2.24, 2.45) is 0 Å². The highest BCUT2D eigenvalue weighted by Crippen LogP contribution is 1.96. The number of aromatic nitrogens is 3. The fourth-order valence-corrected chi connectivity index (χ4v) is 1.09. The van der Waals surface area contributed by atoms with Crippen molar-refractivity contribution in [3.63, 3.8) is 0 Å². The number of hydrogen-bond acceptors (Lipinski definition) is 6. The van der Waals surface area contributed by atoms with Crippen molar-refractivity contribution in [3.05, 3.63) is 12.4 Å². The van der Waals surface area contributed by atoms with Gasteiger partial charge in [-0.05, 0) is 0 Å². The molecule has 1 unspecified atom stereocenters. The summed E-state index contributed by atoms with van der Waals surface area (Å²) in [5, 5.41) is 20.4. The van der Waals surface area contributed by atoms with Gasteiger partial charge in [0.15, 0.2) is 0 Å². The maximum Gasteiger partial charge on any atom is 0.326 e. The summed E-state index contributed by atoms with van der Waals surface area (Å²) in [6.45, 7) is 0.223. The molecule has 0 aliphatic heterocycles. The van der Waals surface area contributed by atoms with Gasteiger partial charge in [-0.2, -0.15) is 5.10 Å². The summed E-state index contributed by atoms with van der Waals surface area (Å²) in [5.74, 6) is -1.15. The van der Waals surface area contributed by atoms with Gasteiger partial charge in [0.25, 0.3) is 5.95 Å². The van der Waals surface area contributed by atoms with E-state index in [2.05, 4.69) is 25.8 Å². The molecule has 2 amide bonds. The average molecular weight is 255 g/mol. The molecule has 0 radical (unpaired) electrons. The molecule has 1 heterocycles. The van der Waals surface area contributed by atoms with Crippen LogP contribution in [0, 0.1) is 0 Å². The predicted octanol–water partition coefficient (Wildman–Crippen LogP) is -0.517. The van der Waals surface area contributed by atoms with Gasteiger partial charge < -0.3 is 15.2 Å². The lowest BCUT2D eigenvalue weighted by Gasteiger charge is -2.13. The molecular weight excluding hydrogens is 242 g/mol. The molecule has 9 nitrogen and oxygen atoms in total. The van der Waals surface area contributed by atoms with E-state index in [0.29, 0.717) is 0 Å². The van der Waals surface area contributed by atoms with Crippen molar-refractivity contribution < 1.29 is 19.4 Å². The first-order valence-electron chi connectivity index (χ1n) is 5.06. The van der Waals surface area contributed by atoms with Crippen molar-refractivity contribution in [1.29, 1.82) is 0 Å². The van der Waals surface area contributed by atoms with Gasteiger partial charge in [0.05, 0.1) is 12.4 Å². The molecule has 0 aromatic carbocycles. The molecule has 3 N–H and O–H groups in total. The predicted molar refractivity (Wildman–Crippen MR) is 59.9 cm³/mol. The third-order valence-electron chi connectivity index (χ3n) is 1.92. The molecule has 0 aliphatic rings. The number of amides is 2. The molecule has 0 spiro atoms. The zero-order valence-corrected chi connectivity index (χ0v) is 9.66. The van der Waals surface area contributed by atoms with Gasteiger partial charge in [0.2, 0.25) is 0 Å². The lowest BCUT2D eigenvalue weighted by Crippen LogP contribution is -2.43. The molecule has 1 atom stereocenters. The number of anilines is 1. The Morgan fingerprint density at radius 3 is 2.83 bits per heavy atom. The molecule has 9 heteroatoms. The minimum atomic E-state index is -1.14. The average Bonchev–Trinajstić information content (AvgIpc) is 2.35. The molecule has 1 rings (SSSR count). The van der Waals surface area contributed by atoms with Gasteiger partial charge in [-0.1, -0.05) is 0 Å². The minimum Gasteiger partial charge on any atom is -0.480 e. The van der Waals surface area contributed by atoms with E-state index in [4.69, 9.17) is 9.84 Å². The third kappa shape index (κ3) is 4.70. The summed E-state index contributed by atoms with van der Waals surface area (Å²) in [7, 11) is 1.45. The first kappa shape index (κ1) is 13.8. The second kappa shape index (κ2) is 7.12. The molecule has 0 saturated heterocycles. The number of nitrogens with zero attached hydrogens (tertiary/aromatic N) is 3. The molecule has 1 aromatic rings. The normalized spacial score (nSPS) is 11.6. The number of carboxylic acid groups (broad SMARTS) is 1. The van der Waals surface area contributed by atoms with E-state index in [9.17, 15) is 9.59 Å². The van der Waals surface area contributed by atoms with Crippen molar-refractivity contribution >= 4 is 17.9 Å². The number of urea groups is 1. The number of carbonyl (C=O) groups excluding carboxylic acids is 1. The lowest BCUT2D eigenvalue weighted by atomic mass is 10.2. The number of carbonyl (C=O) groups is 2. The summed E-state index contributed by atoms with van der Waals surface area (Å²) in [6.07, 6.45) is 2.86. The van der Waals surface area contributed by atoms with Crippen LogP contribution in [0.4, 0.5) is 10.7 Å². The van der Waals surface area contributed by atoms with Crippen LogP contribution in [0.25, 0.3) is 0 Å². The quantitative estimate of drug-likeness (QED) is 0.624. The van der Waals surface area contributed by atoms with Crippen LogP contribution in [0.3, 0.4) is 0 Å². The number of methoxy groups -OCH3 is 1. The smallest absolute Gasteiger partial charge is 0.326 e. The van der Waals surface area contributed by atoms with Crippen LogP contribution in [-0.4, -0.2) is 52.0 Å². The molecular formula is C9H13N5O4. The number of nitrogens with one attached hydrogen (secondary N) is 2. The van der Waals surface area contributed by atoms with Crippen molar-refractivity contribution in [3.8, 4) is 0 Å². The molecule has 98 valence electrons. The monoisotopic (exact) mass is 255 g/mol. The number of rotatable bonds is 6. The Kier molecular flexibility index (Phi) is 5.45. The van der Waals surface area contributed by atoms with Crippen molar-refractivity contribution in [2.75, 3.05) is 19.0 Å². The van der Waals surface area contributed by atoms with Crippen molar-refractivity contribution in [2.45, 2.75) is 12.5 Å². The fraction of sp³-hybridized carbons (Fsp3) is 0.444. The Bertz CT molecular complexity index is 399. The van der Waals surface area contributed by atoms with E-state index < -0.39 is 18.0 Å². The van der Waals surface area contributed by atoms with Gasteiger partial charge in [0.1, 0.15) is 6.04 Å². The fourth-order valence-electron chi connectivity index (χ4n) is 1.09. The zero-order chi connectivity index (χ0) is 13.4. The van der Waals surface area contributed by atoms with Gasteiger partial charge >= 0.3 is 12.0 Å². The second-order valence-corrected chi connectivity index (χ2v) is 3.24. The van der Waals surface area contributed by atoms with Crippen LogP contribution < -0.4 is 10.6 Å². The highest BCUT2D eigenvalue weighted by molar-refractivity contribution is 5.90. The van der Waals surface area contributed by atoms with Crippen LogP contribution in [0.2, 0.25) is 0 Å². The van der Waals surface area contributed by atoms with Gasteiger partial charge in [-0.3, -0.25) is 5.32 Å². The van der Waals surface area contributed by atoms with Gasteiger partial charge in [0, 0.05) is 20.1 Å². The molecule has 0 bridgehead atoms. The van der Waals surface area contributed by atoms with E-state index in [-0.39, 0.29) is 19.0 Å². The number of carboxylic acids is 1. The van der Waals surface area contributed by atoms with Crippen LogP contribution in [0.5, 0.6) is 0 Å². The van der Waals surface area contributed by atoms with E-state index in [1.54, 1.807) is 0 Å². The van der Waals surface area contributed by atoms with Gasteiger partial charge in [-0.25, -0.2) is 14.6 Å². The second-order valence-electron chi connectivity index (χ2n) is 3.24. The Morgan fingerprint density at radius 1 is 1.50 bits per heavy atom. The highest BCUT2D eigenvalue weighted by Gasteiger charge is 2.19. The van der Waals surface area contributed by atoms with Crippen LogP contribution >= 0.6 is 0 Å². The number of hydrogen-bond donors (Lipinski definition) is 3. The van der Waals surface area contributed by atoms with Crippen LogP contribution in [-0.2, 0) is 9.53 Å². The zero-order valence-electron chi connectivity index (χ0n) is 9.66. The first-order chi connectivity index (χ1) is 8.63. The Morgan fingerprint density at radius 2 is 2.28 bits per heavy atom. The maximum atomic E-state index is 11.5. The minimum absolute atomic E-state index is 0.00844. The van der Waals surface area contributed by atoms with Crippen LogP contribution in [0.1, 0.15) is 6.42 Å². The lowest BCUT2D eigenvalue weighted by molar-refractivity contribution is -0.139. The Balaban J connectivity index is 2.48. The third-order valence-corrected chi connectivity index (χ3v) is 1.92. The molecule has 1 aromatic heterocycles. The summed E-state index contributed by atoms with van der Waals surface area (Å²) < 4.78 is 4.75. The molecule has 0 saturated carbocycles. The molecule has 0 aliphatic carbocycles. The largest absolute Gasteiger partial charge is 0.480 e. The molecule has 18 heavy (non-hydrogen) atoms. The standard InChI is InChI=1S/C9H13N5O4/c1-18-5-2-6(7(15)16)12-9(17)13-8-10-3-4-11-14-8/h3-4,6H,2,5H2,1H3,(H,15,16)(H2,10,12,13,14,17). The Hall–Kier alpha value is -2.29. The van der Waals surface area contributed by atoms with Crippen LogP contribution in [0.15, 0.2) is 12.4 Å². The van der Waals surface area contributed by atoms with E-state index in [1.807, 2.05) is 0 Å². The molecule has 0 fully saturated rings. The summed E-state index contributed by atoms with van der Waals surface area (Å²) in [5.41, 5.74) is 0. The number of ether oxygens (including phenoxy) is 1. The summed E-state index contributed by atoms with van der Waals surface area (Å²) in [6, 6.07) is -1.76. The van der Waals surface area contributed by atoms with E-state index >= 15 is 0 Å². The topological polar surface area (TPSA) is 126 Å². The Labute approximate surface area is 103 Å². The van der Waals surface area contributed by atoms with E-state index in [0.717, 1.165) is 0 Å². The SMILES string of the molecule is COCCC(NC(=O)Nc1nccnn1)C(=O)O. The van der Waals surface area contributed by atoms with Gasteiger partial charge in [-0.15, -0.1) is 5.10 Å². The number of aliphatic carboxylic acids is 1. The van der Waals surface area contributed by atoms with E-state index in [1.165, 1.54) is 19.5 Å².